The highest BCUT2D eigenvalue weighted by Crippen LogP contribution is 2.47. The van der Waals surface area contributed by atoms with Gasteiger partial charge in [-0.15, -0.1) is 11.3 Å². The molecular weight excluding hydrogens is 453 g/mol. The van der Waals surface area contributed by atoms with E-state index in [4.69, 9.17) is 11.0 Å². The molecule has 0 aliphatic carbocycles. The molecule has 6 nitrogen and oxygen atoms in total. The summed E-state index contributed by atoms with van der Waals surface area (Å²) >= 11 is 1.40. The average Bonchev–Trinajstić information content (AvgIpc) is 3.36. The molecule has 1 aromatic heterocycles. The van der Waals surface area contributed by atoms with E-state index >= 15 is 0 Å². The summed E-state index contributed by atoms with van der Waals surface area (Å²) in [6.07, 6.45) is -3.58. The molecule has 1 aromatic carbocycles. The number of amides is 2. The van der Waals surface area contributed by atoms with Gasteiger partial charge >= 0.3 is 6.18 Å². The maximum Gasteiger partial charge on any atom is 0.417 e. The molecule has 2 amide bonds. The van der Waals surface area contributed by atoms with Gasteiger partial charge in [-0.3, -0.25) is 9.59 Å². The van der Waals surface area contributed by atoms with Crippen LogP contribution in [0, 0.1) is 29.6 Å². The second-order valence-corrected chi connectivity index (χ2v) is 9.68. The highest BCUT2D eigenvalue weighted by atomic mass is 32.1. The topological polar surface area (TPSA) is 90.4 Å². The zero-order chi connectivity index (χ0) is 24.0. The number of hydrogen-bond acceptors (Lipinski definition) is 5. The van der Waals surface area contributed by atoms with Gasteiger partial charge in [0, 0.05) is 37.3 Å². The molecule has 4 rings (SSSR count). The third-order valence-electron chi connectivity index (χ3n) is 6.89. The normalized spacial score (nSPS) is 20.2. The zero-order valence-corrected chi connectivity index (χ0v) is 18.8. The highest BCUT2D eigenvalue weighted by Gasteiger charge is 2.51. The molecule has 0 saturated carbocycles. The van der Waals surface area contributed by atoms with Crippen molar-refractivity contribution >= 4 is 28.8 Å². The molecule has 2 aromatic rings. The molecule has 1 atom stereocenters. The smallest absolute Gasteiger partial charge is 0.370 e. The molecule has 10 heteroatoms. The van der Waals surface area contributed by atoms with Crippen molar-refractivity contribution in [3.05, 3.63) is 51.2 Å². The first-order valence-corrected chi connectivity index (χ1v) is 11.4. The summed E-state index contributed by atoms with van der Waals surface area (Å²) in [4.78, 5) is 29.4. The Bertz CT molecular complexity index is 1130. The number of aryl methyl sites for hydroxylation is 1. The maximum atomic E-state index is 13.4. The van der Waals surface area contributed by atoms with E-state index in [9.17, 15) is 22.8 Å². The number of alkyl halides is 3. The van der Waals surface area contributed by atoms with E-state index in [2.05, 4.69) is 0 Å². The Morgan fingerprint density at radius 2 is 1.94 bits per heavy atom. The molecule has 33 heavy (non-hydrogen) atoms. The van der Waals surface area contributed by atoms with Crippen LogP contribution in [-0.4, -0.2) is 42.9 Å². The minimum Gasteiger partial charge on any atom is -0.370 e. The van der Waals surface area contributed by atoms with Crippen molar-refractivity contribution in [1.82, 2.24) is 4.90 Å². The number of carbonyl (C=O) groups is 2. The van der Waals surface area contributed by atoms with Crippen LogP contribution in [0.5, 0.6) is 0 Å². The number of carbonyl (C=O) groups excluding carboxylic acids is 2. The molecule has 2 N–H and O–H groups in total. The lowest BCUT2D eigenvalue weighted by atomic mass is 9.70. The number of piperidine rings is 1. The molecule has 2 saturated heterocycles. The summed E-state index contributed by atoms with van der Waals surface area (Å²) in [5.41, 5.74) is 4.99. The first-order chi connectivity index (χ1) is 15.6. The SMILES string of the molecule is Cc1ccsc1C(=O)N1CCC2(CC1)CN(c1ccc(C#N)c(C(F)(F)F)c1)CC2C(N)=O. The van der Waals surface area contributed by atoms with Gasteiger partial charge in [-0.2, -0.15) is 18.4 Å². The summed E-state index contributed by atoms with van der Waals surface area (Å²) in [7, 11) is 0. The Kier molecular flexibility index (Phi) is 5.86. The van der Waals surface area contributed by atoms with E-state index in [0.29, 0.717) is 43.0 Å². The molecule has 0 radical (unpaired) electrons. The summed E-state index contributed by atoms with van der Waals surface area (Å²) < 4.78 is 40.3. The number of nitriles is 1. The molecule has 2 aliphatic heterocycles. The van der Waals surface area contributed by atoms with E-state index < -0.39 is 34.5 Å². The fourth-order valence-corrected chi connectivity index (χ4v) is 5.91. The summed E-state index contributed by atoms with van der Waals surface area (Å²) in [6.45, 7) is 3.37. The van der Waals surface area contributed by atoms with Crippen molar-refractivity contribution in [1.29, 1.82) is 5.26 Å². The number of thiophene rings is 1. The van der Waals surface area contributed by atoms with Crippen LogP contribution in [0.2, 0.25) is 0 Å². The number of likely N-dealkylation sites (tertiary alicyclic amines) is 1. The van der Waals surface area contributed by atoms with Crippen LogP contribution in [0.4, 0.5) is 18.9 Å². The van der Waals surface area contributed by atoms with Gasteiger partial charge in [0.2, 0.25) is 5.91 Å². The number of primary amides is 1. The Morgan fingerprint density at radius 3 is 2.48 bits per heavy atom. The van der Waals surface area contributed by atoms with Gasteiger partial charge in [-0.25, -0.2) is 0 Å². The summed E-state index contributed by atoms with van der Waals surface area (Å²) in [5, 5.41) is 10.9. The second-order valence-electron chi connectivity index (χ2n) is 8.76. The van der Waals surface area contributed by atoms with E-state index in [1.165, 1.54) is 17.4 Å². The number of hydrogen-bond donors (Lipinski definition) is 1. The largest absolute Gasteiger partial charge is 0.417 e. The number of anilines is 1. The molecule has 2 fully saturated rings. The average molecular weight is 477 g/mol. The predicted molar refractivity (Wildman–Crippen MR) is 118 cm³/mol. The van der Waals surface area contributed by atoms with Gasteiger partial charge in [0.25, 0.3) is 5.91 Å². The quantitative estimate of drug-likeness (QED) is 0.730. The number of rotatable bonds is 3. The van der Waals surface area contributed by atoms with Crippen LogP contribution in [0.3, 0.4) is 0 Å². The van der Waals surface area contributed by atoms with Gasteiger partial charge in [0.15, 0.2) is 0 Å². The predicted octanol–water partition coefficient (Wildman–Crippen LogP) is 3.79. The van der Waals surface area contributed by atoms with Crippen LogP contribution in [0.1, 0.15) is 39.2 Å². The lowest BCUT2D eigenvalue weighted by molar-refractivity contribution is -0.137. The fraction of sp³-hybridized carbons (Fsp3) is 0.435. The van der Waals surface area contributed by atoms with Gasteiger partial charge in [-0.05, 0) is 55.0 Å². The first-order valence-electron chi connectivity index (χ1n) is 10.5. The van der Waals surface area contributed by atoms with Crippen LogP contribution in [0.25, 0.3) is 0 Å². The zero-order valence-electron chi connectivity index (χ0n) is 18.0. The number of nitrogens with two attached hydrogens (primary N) is 1. The Labute approximate surface area is 193 Å². The lowest BCUT2D eigenvalue weighted by Crippen LogP contribution is -2.49. The third-order valence-corrected chi connectivity index (χ3v) is 7.89. The Morgan fingerprint density at radius 1 is 1.24 bits per heavy atom. The van der Waals surface area contributed by atoms with Gasteiger partial charge < -0.3 is 15.5 Å². The van der Waals surface area contributed by atoms with E-state index in [1.54, 1.807) is 15.9 Å². The molecule has 1 spiro atoms. The van der Waals surface area contributed by atoms with Crippen molar-refractivity contribution in [2.75, 3.05) is 31.1 Å². The summed E-state index contributed by atoms with van der Waals surface area (Å²) in [6, 6.07) is 7.08. The van der Waals surface area contributed by atoms with Crippen molar-refractivity contribution < 1.29 is 22.8 Å². The van der Waals surface area contributed by atoms with Gasteiger partial charge in [-0.1, -0.05) is 0 Å². The van der Waals surface area contributed by atoms with Crippen molar-refractivity contribution in [3.63, 3.8) is 0 Å². The molecule has 1 unspecified atom stereocenters. The van der Waals surface area contributed by atoms with Crippen LogP contribution in [0.15, 0.2) is 29.6 Å². The second kappa shape index (κ2) is 8.37. The Hall–Kier alpha value is -3.06. The van der Waals surface area contributed by atoms with Crippen molar-refractivity contribution in [2.24, 2.45) is 17.1 Å². The minimum atomic E-state index is -4.66. The monoisotopic (exact) mass is 476 g/mol. The number of benzene rings is 1. The fourth-order valence-electron chi connectivity index (χ4n) is 5.02. The lowest BCUT2D eigenvalue weighted by Gasteiger charge is -2.41. The highest BCUT2D eigenvalue weighted by molar-refractivity contribution is 7.12. The third kappa shape index (κ3) is 4.17. The maximum absolute atomic E-state index is 13.4. The molecule has 2 aliphatic rings. The minimum absolute atomic E-state index is 0.0373. The molecular formula is C23H23F3N4O2S. The van der Waals surface area contributed by atoms with Crippen LogP contribution < -0.4 is 10.6 Å². The summed E-state index contributed by atoms with van der Waals surface area (Å²) in [5.74, 6) is -1.07. The molecule has 0 bridgehead atoms. The van der Waals surface area contributed by atoms with Crippen molar-refractivity contribution in [3.8, 4) is 6.07 Å². The van der Waals surface area contributed by atoms with E-state index in [0.717, 1.165) is 17.7 Å². The standard InChI is InChI=1S/C23H23F3N4O2S/c1-14-4-9-33-19(14)21(32)29-7-5-22(6-8-29)13-30(12-18(22)20(28)31)16-3-2-15(11-27)17(10-16)23(24,25)26/h2-4,9-10,18H,5-8,12-13H2,1H3,(H2,28,31). The van der Waals surface area contributed by atoms with Crippen LogP contribution in [-0.2, 0) is 11.0 Å². The molecule has 3 heterocycles. The van der Waals surface area contributed by atoms with Gasteiger partial charge in [0.1, 0.15) is 0 Å². The van der Waals surface area contributed by atoms with E-state index in [1.807, 2.05) is 18.4 Å². The number of halogens is 3. The Balaban J connectivity index is 1.56. The van der Waals surface area contributed by atoms with Crippen LogP contribution >= 0.6 is 11.3 Å². The first kappa shape index (κ1) is 23.1. The van der Waals surface area contributed by atoms with Gasteiger partial charge in [0.05, 0.1) is 28.0 Å². The molecule has 174 valence electrons. The number of nitrogens with zero attached hydrogens (tertiary/aromatic N) is 3. The van der Waals surface area contributed by atoms with E-state index in [-0.39, 0.29) is 12.5 Å². The van der Waals surface area contributed by atoms with Crippen molar-refractivity contribution in [2.45, 2.75) is 25.9 Å².